The normalized spacial score (nSPS) is 11.8. The average Bonchev–Trinajstić information content (AvgIpc) is 2.60. The summed E-state index contributed by atoms with van der Waals surface area (Å²) in [4.78, 5) is 23.3. The summed E-state index contributed by atoms with van der Waals surface area (Å²) in [6.07, 6.45) is 0.850. The Hall–Kier alpha value is -2.82. The molecule has 0 aliphatic carbocycles. The molecule has 5 nitrogen and oxygen atoms in total. The predicted octanol–water partition coefficient (Wildman–Crippen LogP) is 3.07. The Bertz CT molecular complexity index is 697. The fourth-order valence-corrected chi connectivity index (χ4v) is 2.54. The van der Waals surface area contributed by atoms with Crippen LogP contribution in [0.2, 0.25) is 0 Å². The van der Waals surface area contributed by atoms with E-state index >= 15 is 0 Å². The Labute approximate surface area is 148 Å². The van der Waals surface area contributed by atoms with Crippen LogP contribution >= 0.6 is 0 Å². The van der Waals surface area contributed by atoms with Gasteiger partial charge in [-0.3, -0.25) is 9.59 Å². The average molecular weight is 340 g/mol. The van der Waals surface area contributed by atoms with Gasteiger partial charge in [-0.2, -0.15) is 0 Å². The zero-order valence-electron chi connectivity index (χ0n) is 14.6. The van der Waals surface area contributed by atoms with Gasteiger partial charge in [0.15, 0.2) is 6.61 Å². The number of amides is 2. The minimum Gasteiger partial charge on any atom is -0.484 e. The van der Waals surface area contributed by atoms with Gasteiger partial charge in [0.2, 0.25) is 5.91 Å². The number of carbonyl (C=O) groups is 2. The van der Waals surface area contributed by atoms with E-state index in [2.05, 4.69) is 19.2 Å². The molecule has 0 fully saturated rings. The molecule has 2 rings (SSSR count). The van der Waals surface area contributed by atoms with E-state index in [1.807, 2.05) is 30.3 Å². The van der Waals surface area contributed by atoms with E-state index in [1.54, 1.807) is 24.3 Å². The molecule has 0 aliphatic heterocycles. The molecule has 0 unspecified atom stereocenters. The molecule has 3 N–H and O–H groups in total. The highest BCUT2D eigenvalue weighted by Crippen LogP contribution is 2.21. The van der Waals surface area contributed by atoms with E-state index in [-0.39, 0.29) is 18.6 Å². The van der Waals surface area contributed by atoms with Gasteiger partial charge in [0.05, 0.1) is 6.04 Å². The standard InChI is InChI=1S/C20H24N2O3/c1-14(2)12-18(15-6-4-3-5-7-15)22-19(23)13-25-17-10-8-16(9-11-17)20(21)24/h3-11,14,18H,12-13H2,1-2H3,(H2,21,24)(H,22,23)/t18-/m1/s1. The lowest BCUT2D eigenvalue weighted by Crippen LogP contribution is -2.33. The zero-order chi connectivity index (χ0) is 18.2. The number of rotatable bonds is 8. The van der Waals surface area contributed by atoms with Gasteiger partial charge in [0.25, 0.3) is 5.91 Å². The Morgan fingerprint density at radius 1 is 1.04 bits per heavy atom. The fourth-order valence-electron chi connectivity index (χ4n) is 2.54. The van der Waals surface area contributed by atoms with Crippen molar-refractivity contribution >= 4 is 11.8 Å². The maximum absolute atomic E-state index is 12.2. The maximum atomic E-state index is 12.2. The van der Waals surface area contributed by atoms with Gasteiger partial charge < -0.3 is 15.8 Å². The lowest BCUT2D eigenvalue weighted by Gasteiger charge is -2.21. The van der Waals surface area contributed by atoms with E-state index < -0.39 is 5.91 Å². The fraction of sp³-hybridized carbons (Fsp3) is 0.300. The molecule has 0 radical (unpaired) electrons. The number of hydrogen-bond donors (Lipinski definition) is 2. The van der Waals surface area contributed by atoms with Crippen molar-refractivity contribution in [2.45, 2.75) is 26.3 Å². The molecule has 1 atom stereocenters. The molecule has 2 aromatic carbocycles. The van der Waals surface area contributed by atoms with Crippen LogP contribution in [0.1, 0.15) is 42.2 Å². The van der Waals surface area contributed by atoms with Crippen LogP contribution in [0.4, 0.5) is 0 Å². The third-order valence-corrected chi connectivity index (χ3v) is 3.75. The maximum Gasteiger partial charge on any atom is 0.258 e. The van der Waals surface area contributed by atoms with Gasteiger partial charge in [0, 0.05) is 5.56 Å². The topological polar surface area (TPSA) is 81.4 Å². The summed E-state index contributed by atoms with van der Waals surface area (Å²) >= 11 is 0. The molecule has 132 valence electrons. The predicted molar refractivity (Wildman–Crippen MR) is 97.2 cm³/mol. The Kier molecular flexibility index (Phi) is 6.57. The Balaban J connectivity index is 1.93. The molecule has 0 aromatic heterocycles. The minimum absolute atomic E-state index is 0.0467. The van der Waals surface area contributed by atoms with Gasteiger partial charge in [-0.25, -0.2) is 0 Å². The summed E-state index contributed by atoms with van der Waals surface area (Å²) in [5.74, 6) is 0.283. The molecule has 2 aromatic rings. The Morgan fingerprint density at radius 2 is 1.68 bits per heavy atom. The van der Waals surface area contributed by atoms with Crippen molar-refractivity contribution in [3.63, 3.8) is 0 Å². The largest absolute Gasteiger partial charge is 0.484 e. The van der Waals surface area contributed by atoms with Crippen molar-refractivity contribution in [3.05, 3.63) is 65.7 Å². The lowest BCUT2D eigenvalue weighted by molar-refractivity contribution is -0.124. The number of carbonyl (C=O) groups excluding carboxylic acids is 2. The highest BCUT2D eigenvalue weighted by Gasteiger charge is 2.16. The molecule has 0 aliphatic rings. The first kappa shape index (κ1) is 18.5. The van der Waals surface area contributed by atoms with Crippen LogP contribution < -0.4 is 15.8 Å². The van der Waals surface area contributed by atoms with Gasteiger partial charge in [-0.05, 0) is 42.2 Å². The van der Waals surface area contributed by atoms with E-state index in [1.165, 1.54) is 0 Å². The summed E-state index contributed by atoms with van der Waals surface area (Å²) in [7, 11) is 0. The summed E-state index contributed by atoms with van der Waals surface area (Å²) in [5, 5.41) is 3.03. The highest BCUT2D eigenvalue weighted by atomic mass is 16.5. The first-order chi connectivity index (χ1) is 12.0. The summed E-state index contributed by atoms with van der Waals surface area (Å²) in [6.45, 7) is 4.16. The van der Waals surface area contributed by atoms with Crippen molar-refractivity contribution in [2.75, 3.05) is 6.61 Å². The second-order valence-corrected chi connectivity index (χ2v) is 6.34. The molecule has 25 heavy (non-hydrogen) atoms. The van der Waals surface area contributed by atoms with Crippen LogP contribution in [-0.4, -0.2) is 18.4 Å². The summed E-state index contributed by atoms with van der Waals surface area (Å²) in [5.41, 5.74) is 6.67. The molecule has 0 bridgehead atoms. The van der Waals surface area contributed by atoms with Crippen molar-refractivity contribution < 1.29 is 14.3 Å². The molecule has 0 saturated heterocycles. The van der Waals surface area contributed by atoms with Crippen molar-refractivity contribution in [1.29, 1.82) is 0 Å². The van der Waals surface area contributed by atoms with Gasteiger partial charge >= 0.3 is 0 Å². The SMILES string of the molecule is CC(C)C[C@@H](NC(=O)COc1ccc(C(N)=O)cc1)c1ccccc1. The Morgan fingerprint density at radius 3 is 2.24 bits per heavy atom. The van der Waals surface area contributed by atoms with Crippen molar-refractivity contribution in [2.24, 2.45) is 11.7 Å². The van der Waals surface area contributed by atoms with E-state index in [0.29, 0.717) is 17.2 Å². The molecule has 5 heteroatoms. The van der Waals surface area contributed by atoms with E-state index in [9.17, 15) is 9.59 Å². The summed E-state index contributed by atoms with van der Waals surface area (Å²) in [6, 6.07) is 16.2. The number of primary amides is 1. The van der Waals surface area contributed by atoms with Crippen LogP contribution in [0.5, 0.6) is 5.75 Å². The summed E-state index contributed by atoms with van der Waals surface area (Å²) < 4.78 is 5.48. The van der Waals surface area contributed by atoms with Crippen molar-refractivity contribution in [1.82, 2.24) is 5.32 Å². The smallest absolute Gasteiger partial charge is 0.258 e. The third kappa shape index (κ3) is 5.95. The molecular formula is C20H24N2O3. The minimum atomic E-state index is -0.497. The molecule has 0 spiro atoms. The first-order valence-electron chi connectivity index (χ1n) is 8.32. The van der Waals surface area contributed by atoms with Gasteiger partial charge in [0.1, 0.15) is 5.75 Å². The molecular weight excluding hydrogens is 316 g/mol. The van der Waals surface area contributed by atoms with E-state index in [4.69, 9.17) is 10.5 Å². The number of nitrogens with one attached hydrogen (secondary N) is 1. The van der Waals surface area contributed by atoms with Crippen LogP contribution in [-0.2, 0) is 4.79 Å². The number of nitrogens with two attached hydrogens (primary N) is 1. The van der Waals surface area contributed by atoms with E-state index in [0.717, 1.165) is 12.0 Å². The number of benzene rings is 2. The first-order valence-corrected chi connectivity index (χ1v) is 8.32. The second kappa shape index (κ2) is 8.87. The van der Waals surface area contributed by atoms with Crippen LogP contribution in [0.15, 0.2) is 54.6 Å². The number of ether oxygens (including phenoxy) is 1. The molecule has 0 heterocycles. The zero-order valence-corrected chi connectivity index (χ0v) is 14.6. The second-order valence-electron chi connectivity index (χ2n) is 6.34. The number of hydrogen-bond acceptors (Lipinski definition) is 3. The highest BCUT2D eigenvalue weighted by molar-refractivity contribution is 5.92. The van der Waals surface area contributed by atoms with Crippen LogP contribution in [0.25, 0.3) is 0 Å². The monoisotopic (exact) mass is 340 g/mol. The molecule has 0 saturated carbocycles. The van der Waals surface area contributed by atoms with Crippen molar-refractivity contribution in [3.8, 4) is 5.75 Å². The quantitative estimate of drug-likeness (QED) is 0.775. The van der Waals surface area contributed by atoms with Gasteiger partial charge in [-0.1, -0.05) is 44.2 Å². The molecule has 2 amide bonds. The van der Waals surface area contributed by atoms with Gasteiger partial charge in [-0.15, -0.1) is 0 Å². The van der Waals surface area contributed by atoms with Crippen LogP contribution in [0, 0.1) is 5.92 Å². The lowest BCUT2D eigenvalue weighted by atomic mass is 9.97. The third-order valence-electron chi connectivity index (χ3n) is 3.75. The van der Waals surface area contributed by atoms with Crippen LogP contribution in [0.3, 0.4) is 0 Å².